The van der Waals surface area contributed by atoms with Crippen molar-refractivity contribution in [2.75, 3.05) is 5.75 Å². The fourth-order valence-corrected chi connectivity index (χ4v) is 3.04. The number of thioether (sulfide) groups is 1. The Morgan fingerprint density at radius 3 is 2.54 bits per heavy atom. The maximum Gasteiger partial charge on any atom is 0.313 e. The first-order valence-electron chi connectivity index (χ1n) is 8.12. The Kier molecular flexibility index (Phi) is 5.91. The molecule has 0 aliphatic carbocycles. The van der Waals surface area contributed by atoms with E-state index < -0.39 is 5.97 Å². The lowest BCUT2D eigenvalue weighted by atomic mass is 10.2. The van der Waals surface area contributed by atoms with Gasteiger partial charge in [-0.15, -0.1) is 10.2 Å². The number of ether oxygens (including phenoxy) is 1. The van der Waals surface area contributed by atoms with Gasteiger partial charge in [0.2, 0.25) is 0 Å². The van der Waals surface area contributed by atoms with Gasteiger partial charge in [-0.1, -0.05) is 59.8 Å². The Balaban J connectivity index is 1.78. The third-order valence-corrected chi connectivity index (χ3v) is 4.64. The second kappa shape index (κ2) is 8.53. The zero-order valence-electron chi connectivity index (χ0n) is 14.3. The molecular weight excluding hydrogens is 350 g/mol. The van der Waals surface area contributed by atoms with E-state index in [2.05, 4.69) is 10.2 Å². The minimum atomic E-state index is -0.887. The van der Waals surface area contributed by atoms with Crippen LogP contribution in [0.3, 0.4) is 0 Å². The number of carboxylic acid groups (broad SMARTS) is 1. The molecule has 0 aliphatic heterocycles. The van der Waals surface area contributed by atoms with Gasteiger partial charge in [0.1, 0.15) is 12.4 Å². The van der Waals surface area contributed by atoms with Gasteiger partial charge in [-0.05, 0) is 24.6 Å². The molecule has 1 N–H and O–H groups in total. The number of carbonyl (C=O) groups is 1. The van der Waals surface area contributed by atoms with E-state index in [4.69, 9.17) is 9.84 Å². The van der Waals surface area contributed by atoms with Crippen LogP contribution in [0, 0.1) is 6.92 Å². The lowest BCUT2D eigenvalue weighted by molar-refractivity contribution is -0.133. The van der Waals surface area contributed by atoms with Gasteiger partial charge >= 0.3 is 5.97 Å². The van der Waals surface area contributed by atoms with Gasteiger partial charge in [0, 0.05) is 0 Å². The molecule has 0 saturated carbocycles. The van der Waals surface area contributed by atoms with Crippen LogP contribution in [-0.2, 0) is 17.9 Å². The average Bonchev–Trinajstić information content (AvgIpc) is 3.02. The topological polar surface area (TPSA) is 77.2 Å². The second-order valence-electron chi connectivity index (χ2n) is 5.75. The smallest absolute Gasteiger partial charge is 0.313 e. The normalized spacial score (nSPS) is 10.7. The van der Waals surface area contributed by atoms with Crippen LogP contribution in [0.1, 0.15) is 17.0 Å². The Morgan fingerprint density at radius 1 is 1.12 bits per heavy atom. The van der Waals surface area contributed by atoms with Crippen molar-refractivity contribution in [2.45, 2.75) is 25.2 Å². The molecule has 7 heteroatoms. The van der Waals surface area contributed by atoms with Gasteiger partial charge < -0.3 is 9.84 Å². The minimum absolute atomic E-state index is 0.0637. The molecular formula is C19H19N3O3S. The summed E-state index contributed by atoms with van der Waals surface area (Å²) in [5, 5.41) is 17.8. The monoisotopic (exact) mass is 369 g/mol. The van der Waals surface area contributed by atoms with Crippen molar-refractivity contribution in [3.8, 4) is 5.75 Å². The summed E-state index contributed by atoms with van der Waals surface area (Å²) in [4.78, 5) is 10.9. The molecule has 0 bridgehead atoms. The molecule has 0 unspecified atom stereocenters. The molecule has 134 valence electrons. The largest absolute Gasteiger partial charge is 0.486 e. The van der Waals surface area contributed by atoms with E-state index in [1.54, 1.807) is 0 Å². The van der Waals surface area contributed by atoms with Gasteiger partial charge in [-0.25, -0.2) is 0 Å². The highest BCUT2D eigenvalue weighted by Gasteiger charge is 2.15. The molecule has 0 fully saturated rings. The maximum atomic E-state index is 10.9. The first-order chi connectivity index (χ1) is 12.6. The summed E-state index contributed by atoms with van der Waals surface area (Å²) >= 11 is 1.15. The lowest BCUT2D eigenvalue weighted by Gasteiger charge is -2.11. The SMILES string of the molecule is Cc1ccc(OCc2nnc(SCC(=O)O)n2Cc2ccccc2)cc1. The summed E-state index contributed by atoms with van der Waals surface area (Å²) in [6.07, 6.45) is 0. The molecule has 2 aromatic carbocycles. The number of nitrogens with zero attached hydrogens (tertiary/aromatic N) is 3. The Hall–Kier alpha value is -2.80. The van der Waals surface area contributed by atoms with Crippen molar-refractivity contribution in [2.24, 2.45) is 0 Å². The summed E-state index contributed by atoms with van der Waals surface area (Å²) in [7, 11) is 0. The standard InChI is InChI=1S/C19H19N3O3S/c1-14-7-9-16(10-8-14)25-12-17-20-21-19(26-13-18(23)24)22(17)11-15-5-3-2-4-6-15/h2-10H,11-13H2,1H3,(H,23,24). The number of aliphatic carboxylic acids is 1. The predicted octanol–water partition coefficient (Wildman–Crippen LogP) is 3.39. The third kappa shape index (κ3) is 4.86. The molecule has 0 spiro atoms. The highest BCUT2D eigenvalue weighted by Crippen LogP contribution is 2.20. The quantitative estimate of drug-likeness (QED) is 0.613. The zero-order chi connectivity index (χ0) is 18.4. The number of aryl methyl sites for hydroxylation is 1. The van der Waals surface area contributed by atoms with Crippen molar-refractivity contribution >= 4 is 17.7 Å². The number of hydrogen-bond donors (Lipinski definition) is 1. The Morgan fingerprint density at radius 2 is 1.85 bits per heavy atom. The molecule has 0 saturated heterocycles. The number of hydrogen-bond acceptors (Lipinski definition) is 5. The molecule has 0 atom stereocenters. The molecule has 3 aromatic rings. The average molecular weight is 369 g/mol. The summed E-state index contributed by atoms with van der Waals surface area (Å²) in [5.41, 5.74) is 2.25. The minimum Gasteiger partial charge on any atom is -0.486 e. The third-order valence-electron chi connectivity index (χ3n) is 3.69. The summed E-state index contributed by atoms with van der Waals surface area (Å²) < 4.78 is 7.72. The van der Waals surface area contributed by atoms with Gasteiger partial charge in [0.15, 0.2) is 11.0 Å². The summed E-state index contributed by atoms with van der Waals surface area (Å²) in [6, 6.07) is 17.7. The van der Waals surface area contributed by atoms with Crippen molar-refractivity contribution in [1.82, 2.24) is 14.8 Å². The molecule has 3 rings (SSSR count). The number of rotatable bonds is 8. The molecule has 0 radical (unpaired) electrons. The maximum absolute atomic E-state index is 10.9. The summed E-state index contributed by atoms with van der Waals surface area (Å²) in [5.74, 6) is 0.458. The number of carboxylic acids is 1. The van der Waals surface area contributed by atoms with Crippen LogP contribution in [0.5, 0.6) is 5.75 Å². The van der Waals surface area contributed by atoms with Crippen molar-refractivity contribution in [1.29, 1.82) is 0 Å². The van der Waals surface area contributed by atoms with Gasteiger partial charge in [-0.3, -0.25) is 9.36 Å². The van der Waals surface area contributed by atoms with Crippen LogP contribution in [0.4, 0.5) is 0 Å². The lowest BCUT2D eigenvalue weighted by Crippen LogP contribution is -2.10. The first-order valence-corrected chi connectivity index (χ1v) is 9.10. The van der Waals surface area contributed by atoms with Crippen LogP contribution in [0.2, 0.25) is 0 Å². The van der Waals surface area contributed by atoms with E-state index in [-0.39, 0.29) is 12.4 Å². The van der Waals surface area contributed by atoms with E-state index in [1.165, 1.54) is 0 Å². The first kappa shape index (κ1) is 18.0. The Bertz CT molecular complexity index is 863. The number of aromatic nitrogens is 3. The molecule has 26 heavy (non-hydrogen) atoms. The second-order valence-corrected chi connectivity index (χ2v) is 6.70. The zero-order valence-corrected chi connectivity index (χ0v) is 15.1. The van der Waals surface area contributed by atoms with Crippen molar-refractivity contribution in [3.63, 3.8) is 0 Å². The van der Waals surface area contributed by atoms with Crippen molar-refractivity contribution < 1.29 is 14.6 Å². The van der Waals surface area contributed by atoms with E-state index in [9.17, 15) is 4.79 Å². The van der Waals surface area contributed by atoms with E-state index >= 15 is 0 Å². The van der Waals surface area contributed by atoms with E-state index in [0.29, 0.717) is 17.5 Å². The Labute approximate surface area is 155 Å². The molecule has 1 heterocycles. The predicted molar refractivity (Wildman–Crippen MR) is 99.4 cm³/mol. The van der Waals surface area contributed by atoms with Crippen LogP contribution < -0.4 is 4.74 Å². The summed E-state index contributed by atoms with van der Waals surface area (Å²) in [6.45, 7) is 2.84. The molecule has 0 amide bonds. The molecule has 1 aromatic heterocycles. The molecule has 6 nitrogen and oxygen atoms in total. The fourth-order valence-electron chi connectivity index (χ4n) is 2.37. The highest BCUT2D eigenvalue weighted by atomic mass is 32.2. The number of benzene rings is 2. The van der Waals surface area contributed by atoms with Crippen LogP contribution in [0.15, 0.2) is 59.8 Å². The molecule has 0 aliphatic rings. The van der Waals surface area contributed by atoms with E-state index in [1.807, 2.05) is 66.1 Å². The van der Waals surface area contributed by atoms with Crippen LogP contribution in [0.25, 0.3) is 0 Å². The highest BCUT2D eigenvalue weighted by molar-refractivity contribution is 7.99. The van der Waals surface area contributed by atoms with E-state index in [0.717, 1.165) is 28.6 Å². The fraction of sp³-hybridized carbons (Fsp3) is 0.211. The van der Waals surface area contributed by atoms with Crippen LogP contribution in [-0.4, -0.2) is 31.6 Å². The van der Waals surface area contributed by atoms with Gasteiger partial charge in [0.05, 0.1) is 12.3 Å². The van der Waals surface area contributed by atoms with Crippen molar-refractivity contribution in [3.05, 3.63) is 71.5 Å². The van der Waals surface area contributed by atoms with Crippen LogP contribution >= 0.6 is 11.8 Å². The van der Waals surface area contributed by atoms with Gasteiger partial charge in [0.25, 0.3) is 0 Å². The van der Waals surface area contributed by atoms with Gasteiger partial charge in [-0.2, -0.15) is 0 Å².